The van der Waals surface area contributed by atoms with Crippen molar-refractivity contribution < 1.29 is 21.6 Å². The molecule has 0 aliphatic carbocycles. The summed E-state index contributed by atoms with van der Waals surface area (Å²) in [6, 6.07) is 4.25. The van der Waals surface area contributed by atoms with Gasteiger partial charge in [-0.1, -0.05) is 12.1 Å². The molecule has 88 valence electrons. The maximum atomic E-state index is 12.3. The van der Waals surface area contributed by atoms with Crippen LogP contribution in [-0.2, 0) is 15.2 Å². The van der Waals surface area contributed by atoms with Crippen LogP contribution in [0.3, 0.4) is 0 Å². The molecule has 0 N–H and O–H groups in total. The highest BCUT2D eigenvalue weighted by Crippen LogP contribution is 2.29. The van der Waals surface area contributed by atoms with E-state index in [2.05, 4.69) is 0 Å². The van der Waals surface area contributed by atoms with Crippen molar-refractivity contribution in [1.29, 1.82) is 0 Å². The van der Waals surface area contributed by atoms with Crippen LogP contribution in [0.4, 0.5) is 13.2 Å². The van der Waals surface area contributed by atoms with E-state index in [0.717, 1.165) is 18.2 Å². The van der Waals surface area contributed by atoms with Crippen molar-refractivity contribution in [2.75, 3.05) is 0 Å². The van der Waals surface area contributed by atoms with Crippen LogP contribution in [0.25, 0.3) is 6.08 Å². The Bertz CT molecular complexity index is 506. The minimum absolute atomic E-state index is 0.110. The normalized spacial score (nSPS) is 13.2. The molecule has 0 bridgehead atoms. The molecule has 1 aromatic rings. The molecule has 0 amide bonds. The van der Waals surface area contributed by atoms with Gasteiger partial charge in [0.25, 0.3) is 9.05 Å². The van der Waals surface area contributed by atoms with Crippen molar-refractivity contribution in [2.24, 2.45) is 0 Å². The quantitative estimate of drug-likeness (QED) is 0.773. The molecule has 0 saturated carbocycles. The summed E-state index contributed by atoms with van der Waals surface area (Å²) in [5.41, 5.74) is -0.735. The second-order valence-electron chi connectivity index (χ2n) is 2.90. The fraction of sp³-hybridized carbons (Fsp3) is 0.111. The van der Waals surface area contributed by atoms with Gasteiger partial charge in [0.1, 0.15) is 0 Å². The number of alkyl halides is 3. The molecule has 0 atom stereocenters. The molecule has 0 aliphatic rings. The average Bonchev–Trinajstić information content (AvgIpc) is 2.13. The first-order valence-corrected chi connectivity index (χ1v) is 6.36. The Morgan fingerprint density at radius 2 is 1.88 bits per heavy atom. The number of halogens is 4. The first-order chi connectivity index (χ1) is 7.18. The first kappa shape index (κ1) is 13.1. The molecule has 7 heteroatoms. The van der Waals surface area contributed by atoms with Crippen LogP contribution < -0.4 is 0 Å². The average molecular weight is 271 g/mol. The van der Waals surface area contributed by atoms with Crippen molar-refractivity contribution in [2.45, 2.75) is 6.18 Å². The first-order valence-electron chi connectivity index (χ1n) is 3.98. The number of benzene rings is 1. The minimum Gasteiger partial charge on any atom is -0.208 e. The molecule has 2 nitrogen and oxygen atoms in total. The van der Waals surface area contributed by atoms with Crippen molar-refractivity contribution in [3.8, 4) is 0 Å². The van der Waals surface area contributed by atoms with Gasteiger partial charge < -0.3 is 0 Å². The maximum Gasteiger partial charge on any atom is 0.416 e. The number of hydrogen-bond donors (Lipinski definition) is 0. The van der Waals surface area contributed by atoms with Gasteiger partial charge in [0.15, 0.2) is 0 Å². The second kappa shape index (κ2) is 4.47. The van der Waals surface area contributed by atoms with Crippen molar-refractivity contribution in [1.82, 2.24) is 0 Å². The highest BCUT2D eigenvalue weighted by Gasteiger charge is 2.30. The van der Waals surface area contributed by atoms with Crippen LogP contribution in [0.15, 0.2) is 29.7 Å². The Morgan fingerprint density at radius 3 is 2.38 bits per heavy atom. The summed E-state index contributed by atoms with van der Waals surface area (Å²) in [4.78, 5) is 0. The maximum absolute atomic E-state index is 12.3. The highest BCUT2D eigenvalue weighted by molar-refractivity contribution is 8.16. The van der Waals surface area contributed by atoms with Gasteiger partial charge in [-0.05, 0) is 23.8 Å². The predicted octanol–water partition coefficient (Wildman–Crippen LogP) is 3.24. The summed E-state index contributed by atoms with van der Waals surface area (Å²) in [6.07, 6.45) is -3.46. The van der Waals surface area contributed by atoms with E-state index in [4.69, 9.17) is 10.7 Å². The Morgan fingerprint density at radius 1 is 1.25 bits per heavy atom. The van der Waals surface area contributed by atoms with Crippen molar-refractivity contribution in [3.05, 3.63) is 40.8 Å². The van der Waals surface area contributed by atoms with Gasteiger partial charge in [-0.15, -0.1) is 0 Å². The third-order valence-electron chi connectivity index (χ3n) is 1.64. The van der Waals surface area contributed by atoms with Gasteiger partial charge >= 0.3 is 6.18 Å². The van der Waals surface area contributed by atoms with Gasteiger partial charge in [-0.25, -0.2) is 8.42 Å². The van der Waals surface area contributed by atoms with Gasteiger partial charge in [-0.2, -0.15) is 13.2 Å². The SMILES string of the molecule is O=S(=O)(Cl)/C=C\c1cccc(C(F)(F)F)c1. The van der Waals surface area contributed by atoms with Gasteiger partial charge in [0, 0.05) is 16.1 Å². The fourth-order valence-corrected chi connectivity index (χ4v) is 1.45. The van der Waals surface area contributed by atoms with E-state index >= 15 is 0 Å². The van der Waals surface area contributed by atoms with Crippen LogP contribution in [0.2, 0.25) is 0 Å². The third kappa shape index (κ3) is 4.24. The smallest absolute Gasteiger partial charge is 0.208 e. The molecule has 0 spiro atoms. The molecule has 16 heavy (non-hydrogen) atoms. The lowest BCUT2D eigenvalue weighted by molar-refractivity contribution is -0.137. The highest BCUT2D eigenvalue weighted by atomic mass is 35.7. The largest absolute Gasteiger partial charge is 0.416 e. The van der Waals surface area contributed by atoms with E-state index in [-0.39, 0.29) is 5.56 Å². The van der Waals surface area contributed by atoms with Crippen LogP contribution in [-0.4, -0.2) is 8.42 Å². The third-order valence-corrected chi connectivity index (χ3v) is 2.41. The predicted molar refractivity (Wildman–Crippen MR) is 55.3 cm³/mol. The Labute approximate surface area is 94.8 Å². The number of hydrogen-bond acceptors (Lipinski definition) is 2. The molecule has 1 rings (SSSR count). The summed E-state index contributed by atoms with van der Waals surface area (Å²) < 4.78 is 57.9. The minimum atomic E-state index is -4.45. The van der Waals surface area contributed by atoms with Crippen molar-refractivity contribution >= 4 is 25.8 Å². The Kier molecular flexibility index (Phi) is 3.64. The molecule has 0 saturated heterocycles. The molecule has 0 heterocycles. The molecule has 0 radical (unpaired) electrons. The monoisotopic (exact) mass is 270 g/mol. The zero-order chi connectivity index (χ0) is 12.4. The van der Waals surface area contributed by atoms with E-state index in [1.807, 2.05) is 0 Å². The van der Waals surface area contributed by atoms with Gasteiger partial charge in [0.2, 0.25) is 0 Å². The van der Waals surface area contributed by atoms with Crippen LogP contribution in [0, 0.1) is 0 Å². The lowest BCUT2D eigenvalue weighted by Crippen LogP contribution is -2.04. The lowest BCUT2D eigenvalue weighted by atomic mass is 10.1. The topological polar surface area (TPSA) is 34.1 Å². The van der Waals surface area contributed by atoms with E-state index in [9.17, 15) is 21.6 Å². The Hall–Kier alpha value is -1.01. The standard InChI is InChI=1S/C9H6ClF3O2S/c10-16(14,15)5-4-7-2-1-3-8(6-7)9(11,12)13/h1-6H/b5-4-. The zero-order valence-corrected chi connectivity index (χ0v) is 9.27. The molecule has 0 unspecified atom stereocenters. The van der Waals surface area contributed by atoms with Gasteiger partial charge in [-0.3, -0.25) is 0 Å². The molecule has 0 fully saturated rings. The summed E-state index contributed by atoms with van der Waals surface area (Å²) in [7, 11) is 1.02. The Balaban J connectivity index is 3.05. The molecule has 0 aromatic heterocycles. The second-order valence-corrected chi connectivity index (χ2v) is 5.42. The van der Waals surface area contributed by atoms with Crippen molar-refractivity contribution in [3.63, 3.8) is 0 Å². The molecule has 0 aliphatic heterocycles. The van der Waals surface area contributed by atoms with E-state index in [1.165, 1.54) is 12.1 Å². The van der Waals surface area contributed by atoms with Crippen LogP contribution >= 0.6 is 10.7 Å². The molecule has 1 aromatic carbocycles. The summed E-state index contributed by atoms with van der Waals surface area (Å²) in [6.45, 7) is 0. The van der Waals surface area contributed by atoms with E-state index < -0.39 is 20.8 Å². The summed E-state index contributed by atoms with van der Waals surface area (Å²) in [5.74, 6) is 0. The van der Waals surface area contributed by atoms with E-state index in [1.54, 1.807) is 0 Å². The van der Waals surface area contributed by atoms with E-state index in [0.29, 0.717) is 5.41 Å². The van der Waals surface area contributed by atoms with Gasteiger partial charge in [0.05, 0.1) is 5.56 Å². The number of rotatable bonds is 2. The molecular formula is C9H6ClF3O2S. The molecular weight excluding hydrogens is 265 g/mol. The van der Waals surface area contributed by atoms with Crippen LogP contribution in [0.1, 0.15) is 11.1 Å². The summed E-state index contributed by atoms with van der Waals surface area (Å²) >= 11 is 0. The summed E-state index contributed by atoms with van der Waals surface area (Å²) in [5, 5.41) is 0.629. The van der Waals surface area contributed by atoms with Crippen LogP contribution in [0.5, 0.6) is 0 Å². The zero-order valence-electron chi connectivity index (χ0n) is 7.70. The fourth-order valence-electron chi connectivity index (χ4n) is 0.979. The lowest BCUT2D eigenvalue weighted by Gasteiger charge is -2.06.